The Morgan fingerprint density at radius 3 is 2.63 bits per heavy atom. The third kappa shape index (κ3) is 5.89. The number of amides is 1. The highest BCUT2D eigenvalue weighted by atomic mass is 16.5. The summed E-state index contributed by atoms with van der Waals surface area (Å²) < 4.78 is 10.6. The number of hydrogen-bond acceptors (Lipinski definition) is 7. The topological polar surface area (TPSA) is 89.5 Å². The van der Waals surface area contributed by atoms with E-state index in [0.717, 1.165) is 31.5 Å². The predicted molar refractivity (Wildman–Crippen MR) is 100 cm³/mol. The van der Waals surface area contributed by atoms with Crippen molar-refractivity contribution in [2.24, 2.45) is 0 Å². The Kier molecular flexibility index (Phi) is 6.92. The normalized spacial score (nSPS) is 14.0. The maximum absolute atomic E-state index is 12.0. The fourth-order valence-electron chi connectivity index (χ4n) is 2.86. The number of methoxy groups -OCH3 is 1. The van der Waals surface area contributed by atoms with Crippen LogP contribution >= 0.6 is 0 Å². The quantitative estimate of drug-likeness (QED) is 0.755. The monoisotopic (exact) mass is 371 g/mol. The minimum Gasteiger partial charge on any atom is -0.467 e. The van der Waals surface area contributed by atoms with E-state index in [0.29, 0.717) is 18.4 Å². The molecular formula is C19H25N5O3. The Morgan fingerprint density at radius 2 is 1.89 bits per heavy atom. The number of anilines is 1. The van der Waals surface area contributed by atoms with Gasteiger partial charge in [0, 0.05) is 13.1 Å². The molecular weight excluding hydrogens is 346 g/mol. The summed E-state index contributed by atoms with van der Waals surface area (Å²) >= 11 is 0. The van der Waals surface area contributed by atoms with E-state index in [1.807, 2.05) is 30.3 Å². The number of piperidine rings is 1. The summed E-state index contributed by atoms with van der Waals surface area (Å²) in [6, 6.07) is 9.99. The van der Waals surface area contributed by atoms with Crippen LogP contribution in [0.1, 0.15) is 30.7 Å². The molecule has 27 heavy (non-hydrogen) atoms. The molecule has 1 amide bonds. The van der Waals surface area contributed by atoms with Crippen LogP contribution in [-0.2, 0) is 22.7 Å². The summed E-state index contributed by atoms with van der Waals surface area (Å²) in [7, 11) is 1.52. The number of rotatable bonds is 8. The van der Waals surface area contributed by atoms with Crippen molar-refractivity contribution in [2.75, 3.05) is 31.7 Å². The average Bonchev–Trinajstić information content (AvgIpc) is 2.73. The van der Waals surface area contributed by atoms with Crippen LogP contribution in [0.25, 0.3) is 0 Å². The Labute approximate surface area is 158 Å². The first-order valence-electron chi connectivity index (χ1n) is 9.17. The van der Waals surface area contributed by atoms with Crippen molar-refractivity contribution in [3.8, 4) is 6.01 Å². The van der Waals surface area contributed by atoms with Crippen LogP contribution in [0.15, 0.2) is 30.3 Å². The van der Waals surface area contributed by atoms with Gasteiger partial charge in [-0.3, -0.25) is 4.79 Å². The van der Waals surface area contributed by atoms with E-state index in [9.17, 15) is 4.79 Å². The van der Waals surface area contributed by atoms with Crippen molar-refractivity contribution >= 4 is 11.9 Å². The lowest BCUT2D eigenvalue weighted by molar-refractivity contribution is -0.126. The van der Waals surface area contributed by atoms with E-state index in [1.54, 1.807) is 0 Å². The second-order valence-corrected chi connectivity index (χ2v) is 6.34. The molecule has 0 spiro atoms. The highest BCUT2D eigenvalue weighted by Crippen LogP contribution is 2.17. The number of carbonyl (C=O) groups excluding carboxylic acids is 1. The Balaban J connectivity index is 1.51. The molecule has 8 nitrogen and oxygen atoms in total. The Bertz CT molecular complexity index is 735. The fraction of sp³-hybridized carbons (Fsp3) is 0.474. The number of aromatic nitrogens is 3. The maximum Gasteiger partial charge on any atom is 0.321 e. The summed E-state index contributed by atoms with van der Waals surface area (Å²) in [4.78, 5) is 27.1. The molecule has 1 N–H and O–H groups in total. The summed E-state index contributed by atoms with van der Waals surface area (Å²) in [5, 5.41) is 2.78. The van der Waals surface area contributed by atoms with Gasteiger partial charge in [0.25, 0.3) is 0 Å². The molecule has 3 rings (SSSR count). The van der Waals surface area contributed by atoms with Crippen molar-refractivity contribution in [3.05, 3.63) is 41.7 Å². The third-order valence-electron chi connectivity index (χ3n) is 4.26. The van der Waals surface area contributed by atoms with E-state index < -0.39 is 0 Å². The van der Waals surface area contributed by atoms with Gasteiger partial charge in [-0.1, -0.05) is 30.3 Å². The van der Waals surface area contributed by atoms with E-state index in [4.69, 9.17) is 9.47 Å². The van der Waals surface area contributed by atoms with E-state index in [-0.39, 0.29) is 25.1 Å². The number of nitrogens with zero attached hydrogens (tertiary/aromatic N) is 4. The summed E-state index contributed by atoms with van der Waals surface area (Å²) in [5.74, 6) is 0.856. The van der Waals surface area contributed by atoms with Gasteiger partial charge < -0.3 is 19.7 Å². The van der Waals surface area contributed by atoms with Crippen molar-refractivity contribution in [3.63, 3.8) is 0 Å². The maximum atomic E-state index is 12.0. The first kappa shape index (κ1) is 19.0. The Morgan fingerprint density at radius 1 is 1.11 bits per heavy atom. The van der Waals surface area contributed by atoms with Crippen LogP contribution < -0.4 is 15.0 Å². The molecule has 0 aliphatic carbocycles. The summed E-state index contributed by atoms with van der Waals surface area (Å²) in [6.45, 7) is 2.43. The van der Waals surface area contributed by atoms with Gasteiger partial charge in [-0.15, -0.1) is 0 Å². The van der Waals surface area contributed by atoms with Crippen LogP contribution in [0.2, 0.25) is 0 Å². The molecule has 1 saturated heterocycles. The van der Waals surface area contributed by atoms with Crippen LogP contribution in [0.5, 0.6) is 6.01 Å². The molecule has 0 radical (unpaired) electrons. The largest absolute Gasteiger partial charge is 0.467 e. The molecule has 0 atom stereocenters. The standard InChI is InChI=1S/C19H25N5O3/c1-26-19-22-16(21-18(23-19)24-10-6-3-7-11-24)12-20-17(25)14-27-13-15-8-4-2-5-9-15/h2,4-5,8-9H,3,6-7,10-14H2,1H3,(H,20,25). The number of benzene rings is 1. The van der Waals surface area contributed by atoms with E-state index in [1.165, 1.54) is 13.5 Å². The molecule has 1 aliphatic heterocycles. The number of nitrogens with one attached hydrogen (secondary N) is 1. The van der Waals surface area contributed by atoms with E-state index in [2.05, 4.69) is 25.2 Å². The minimum atomic E-state index is -0.218. The second-order valence-electron chi connectivity index (χ2n) is 6.34. The average molecular weight is 371 g/mol. The molecule has 0 bridgehead atoms. The molecule has 0 saturated carbocycles. The SMILES string of the molecule is COc1nc(CNC(=O)COCc2ccccc2)nc(N2CCCCC2)n1. The zero-order chi connectivity index (χ0) is 18.9. The molecule has 144 valence electrons. The number of carbonyl (C=O) groups is 1. The number of ether oxygens (including phenoxy) is 2. The molecule has 8 heteroatoms. The number of hydrogen-bond donors (Lipinski definition) is 1. The second kappa shape index (κ2) is 9.82. The smallest absolute Gasteiger partial charge is 0.321 e. The fourth-order valence-corrected chi connectivity index (χ4v) is 2.86. The zero-order valence-corrected chi connectivity index (χ0v) is 15.6. The molecule has 0 unspecified atom stereocenters. The van der Waals surface area contributed by atoms with Crippen molar-refractivity contribution in [1.29, 1.82) is 0 Å². The molecule has 2 aromatic rings. The highest BCUT2D eigenvalue weighted by Gasteiger charge is 2.16. The third-order valence-corrected chi connectivity index (χ3v) is 4.26. The zero-order valence-electron chi connectivity index (χ0n) is 15.6. The predicted octanol–water partition coefficient (Wildman–Crippen LogP) is 1.70. The molecule has 1 aromatic carbocycles. The molecule has 2 heterocycles. The lowest BCUT2D eigenvalue weighted by atomic mass is 10.1. The van der Waals surface area contributed by atoms with Crippen LogP contribution in [-0.4, -0.2) is 47.7 Å². The van der Waals surface area contributed by atoms with Crippen molar-refractivity contribution in [2.45, 2.75) is 32.4 Å². The van der Waals surface area contributed by atoms with Gasteiger partial charge in [-0.25, -0.2) is 0 Å². The van der Waals surface area contributed by atoms with Crippen LogP contribution in [0, 0.1) is 0 Å². The van der Waals surface area contributed by atoms with Crippen LogP contribution in [0.3, 0.4) is 0 Å². The lowest BCUT2D eigenvalue weighted by Crippen LogP contribution is -2.32. The molecule has 1 fully saturated rings. The van der Waals surface area contributed by atoms with Gasteiger partial charge in [0.1, 0.15) is 6.61 Å². The lowest BCUT2D eigenvalue weighted by Gasteiger charge is -2.26. The highest BCUT2D eigenvalue weighted by molar-refractivity contribution is 5.77. The van der Waals surface area contributed by atoms with E-state index >= 15 is 0 Å². The minimum absolute atomic E-state index is 0.0178. The van der Waals surface area contributed by atoms with Crippen molar-refractivity contribution < 1.29 is 14.3 Å². The van der Waals surface area contributed by atoms with Gasteiger partial charge in [0.05, 0.1) is 20.3 Å². The van der Waals surface area contributed by atoms with Gasteiger partial charge in [0.2, 0.25) is 11.9 Å². The van der Waals surface area contributed by atoms with Crippen LogP contribution in [0.4, 0.5) is 5.95 Å². The summed E-state index contributed by atoms with van der Waals surface area (Å²) in [6.07, 6.45) is 3.47. The Hall–Kier alpha value is -2.74. The molecule has 1 aliphatic rings. The van der Waals surface area contributed by atoms with Gasteiger partial charge in [-0.2, -0.15) is 15.0 Å². The van der Waals surface area contributed by atoms with Gasteiger partial charge in [0.15, 0.2) is 5.82 Å². The van der Waals surface area contributed by atoms with Gasteiger partial charge in [-0.05, 0) is 24.8 Å². The van der Waals surface area contributed by atoms with Crippen molar-refractivity contribution in [1.82, 2.24) is 20.3 Å². The first-order chi connectivity index (χ1) is 13.2. The molecule has 1 aromatic heterocycles. The van der Waals surface area contributed by atoms with Gasteiger partial charge >= 0.3 is 6.01 Å². The summed E-state index contributed by atoms with van der Waals surface area (Å²) in [5.41, 5.74) is 1.03. The first-order valence-corrected chi connectivity index (χ1v) is 9.17.